The highest BCUT2D eigenvalue weighted by Gasteiger charge is 2.24. The second-order valence-electron chi connectivity index (χ2n) is 7.59. The molecule has 0 saturated heterocycles. The summed E-state index contributed by atoms with van der Waals surface area (Å²) >= 11 is 1.28. The van der Waals surface area contributed by atoms with E-state index in [0.29, 0.717) is 22.1 Å². The largest absolute Gasteiger partial charge is 0.469 e. The first-order valence-corrected chi connectivity index (χ1v) is 11.2. The summed E-state index contributed by atoms with van der Waals surface area (Å²) in [6.45, 7) is 1.73. The molecule has 4 aromatic rings. The summed E-state index contributed by atoms with van der Waals surface area (Å²) in [5, 5.41) is 12.7. The molecule has 2 amide bonds. The first-order valence-electron chi connectivity index (χ1n) is 10.3. The third kappa shape index (κ3) is 3.94. The number of rotatable bonds is 6. The van der Waals surface area contributed by atoms with Crippen molar-refractivity contribution in [3.8, 4) is 5.69 Å². The number of para-hydroxylation sites is 1. The third-order valence-corrected chi connectivity index (χ3v) is 6.19. The van der Waals surface area contributed by atoms with E-state index in [1.807, 2.05) is 35.0 Å². The fourth-order valence-corrected chi connectivity index (χ4v) is 4.55. The number of fused-ring (bicyclic) bond motifs is 1. The predicted molar refractivity (Wildman–Crippen MR) is 121 cm³/mol. The van der Waals surface area contributed by atoms with Gasteiger partial charge >= 0.3 is 0 Å². The number of nitrogens with zero attached hydrogens (tertiary/aromatic N) is 3. The zero-order valence-electron chi connectivity index (χ0n) is 17.4. The number of hydrogen-bond acceptors (Lipinski definition) is 6. The van der Waals surface area contributed by atoms with Crippen molar-refractivity contribution in [1.29, 1.82) is 0 Å². The number of furan rings is 1. The minimum Gasteiger partial charge on any atom is -0.469 e. The number of aryl methyl sites for hydroxylation is 2. The van der Waals surface area contributed by atoms with E-state index in [4.69, 9.17) is 9.52 Å². The maximum atomic E-state index is 12.8. The molecule has 2 N–H and O–H groups in total. The Balaban J connectivity index is 1.29. The van der Waals surface area contributed by atoms with Crippen LogP contribution in [-0.4, -0.2) is 26.6 Å². The van der Waals surface area contributed by atoms with Gasteiger partial charge in [-0.05, 0) is 44.4 Å². The zero-order chi connectivity index (χ0) is 22.1. The average Bonchev–Trinajstić information content (AvgIpc) is 3.55. The van der Waals surface area contributed by atoms with Crippen molar-refractivity contribution in [1.82, 2.24) is 14.8 Å². The number of anilines is 2. The summed E-state index contributed by atoms with van der Waals surface area (Å²) in [4.78, 5) is 29.5. The Kier molecular flexibility index (Phi) is 5.32. The van der Waals surface area contributed by atoms with Crippen LogP contribution in [0.5, 0.6) is 0 Å². The number of aromatic nitrogens is 3. The minimum atomic E-state index is -0.288. The van der Waals surface area contributed by atoms with Crippen molar-refractivity contribution in [3.63, 3.8) is 0 Å². The maximum Gasteiger partial charge on any atom is 0.260 e. The Morgan fingerprint density at radius 3 is 2.78 bits per heavy atom. The van der Waals surface area contributed by atoms with E-state index < -0.39 is 0 Å². The van der Waals surface area contributed by atoms with Gasteiger partial charge in [-0.1, -0.05) is 18.2 Å². The highest BCUT2D eigenvalue weighted by atomic mass is 32.1. The molecule has 0 radical (unpaired) electrons. The highest BCUT2D eigenvalue weighted by Crippen LogP contribution is 2.31. The molecule has 1 aliphatic carbocycles. The normalized spacial score (nSPS) is 12.5. The SMILES string of the molecule is Cc1occc1C(=O)Nc1nc(CC(=O)Nc2c3c(nn2-c2ccccc2)CCC3)cs1. The smallest absolute Gasteiger partial charge is 0.260 e. The second kappa shape index (κ2) is 8.43. The molecule has 0 aliphatic heterocycles. The first kappa shape index (κ1) is 20.2. The van der Waals surface area contributed by atoms with Gasteiger partial charge in [0.05, 0.1) is 35.3 Å². The van der Waals surface area contributed by atoms with Gasteiger partial charge in [0.1, 0.15) is 11.6 Å². The second-order valence-corrected chi connectivity index (χ2v) is 8.45. The van der Waals surface area contributed by atoms with Crippen LogP contribution in [0.2, 0.25) is 0 Å². The number of carbonyl (C=O) groups excluding carboxylic acids is 2. The molecule has 0 atom stereocenters. The monoisotopic (exact) mass is 447 g/mol. The van der Waals surface area contributed by atoms with E-state index in [-0.39, 0.29) is 18.2 Å². The van der Waals surface area contributed by atoms with Crippen LogP contribution in [0.4, 0.5) is 10.9 Å². The number of benzene rings is 1. The summed E-state index contributed by atoms with van der Waals surface area (Å²) in [7, 11) is 0. The molecule has 5 rings (SSSR count). The zero-order valence-corrected chi connectivity index (χ0v) is 18.2. The Labute approximate surface area is 188 Å². The van der Waals surface area contributed by atoms with Gasteiger partial charge in [0.25, 0.3) is 5.91 Å². The van der Waals surface area contributed by atoms with Gasteiger partial charge in [-0.3, -0.25) is 14.9 Å². The minimum absolute atomic E-state index is 0.103. The fraction of sp³-hybridized carbons (Fsp3) is 0.217. The number of amides is 2. The van der Waals surface area contributed by atoms with E-state index in [2.05, 4.69) is 15.6 Å². The molecule has 0 unspecified atom stereocenters. The summed E-state index contributed by atoms with van der Waals surface area (Å²) in [5.74, 6) is 0.809. The van der Waals surface area contributed by atoms with Crippen molar-refractivity contribution < 1.29 is 14.0 Å². The molecule has 32 heavy (non-hydrogen) atoms. The average molecular weight is 448 g/mol. The lowest BCUT2D eigenvalue weighted by molar-refractivity contribution is -0.115. The summed E-state index contributed by atoms with van der Waals surface area (Å²) in [6, 6.07) is 11.4. The first-order chi connectivity index (χ1) is 15.6. The molecule has 1 aromatic carbocycles. The van der Waals surface area contributed by atoms with Crippen LogP contribution in [0.3, 0.4) is 0 Å². The van der Waals surface area contributed by atoms with Crippen molar-refractivity contribution >= 4 is 34.1 Å². The quantitative estimate of drug-likeness (QED) is 0.462. The van der Waals surface area contributed by atoms with Crippen LogP contribution in [0.15, 0.2) is 52.5 Å². The van der Waals surface area contributed by atoms with Gasteiger partial charge in [0.2, 0.25) is 5.91 Å². The molecule has 1 aliphatic rings. The van der Waals surface area contributed by atoms with Crippen LogP contribution in [0.1, 0.15) is 39.5 Å². The fourth-order valence-electron chi connectivity index (χ4n) is 3.85. The molecule has 162 valence electrons. The lowest BCUT2D eigenvalue weighted by atomic mass is 10.2. The van der Waals surface area contributed by atoms with Crippen molar-refractivity contribution in [2.75, 3.05) is 10.6 Å². The van der Waals surface area contributed by atoms with E-state index in [1.165, 1.54) is 17.6 Å². The van der Waals surface area contributed by atoms with Crippen LogP contribution in [0, 0.1) is 6.92 Å². The summed E-state index contributed by atoms with van der Waals surface area (Å²) < 4.78 is 6.97. The lowest BCUT2D eigenvalue weighted by Gasteiger charge is -2.10. The van der Waals surface area contributed by atoms with Gasteiger partial charge in [0, 0.05) is 10.9 Å². The van der Waals surface area contributed by atoms with Crippen LogP contribution < -0.4 is 10.6 Å². The topological polar surface area (TPSA) is 102 Å². The molecule has 3 heterocycles. The molecular weight excluding hydrogens is 426 g/mol. The van der Waals surface area contributed by atoms with E-state index in [9.17, 15) is 9.59 Å². The Hall–Kier alpha value is -3.72. The lowest BCUT2D eigenvalue weighted by Crippen LogP contribution is -2.18. The molecule has 0 bridgehead atoms. The van der Waals surface area contributed by atoms with Crippen molar-refractivity contribution in [2.45, 2.75) is 32.6 Å². The number of hydrogen-bond donors (Lipinski definition) is 2. The maximum absolute atomic E-state index is 12.8. The molecule has 3 aromatic heterocycles. The van der Waals surface area contributed by atoms with Gasteiger partial charge in [-0.15, -0.1) is 11.3 Å². The van der Waals surface area contributed by atoms with E-state index in [0.717, 1.165) is 42.0 Å². The third-order valence-electron chi connectivity index (χ3n) is 5.38. The molecule has 0 saturated carbocycles. The van der Waals surface area contributed by atoms with Crippen molar-refractivity contribution in [3.05, 3.63) is 76.3 Å². The van der Waals surface area contributed by atoms with Crippen molar-refractivity contribution in [2.24, 2.45) is 0 Å². The molecule has 0 fully saturated rings. The van der Waals surface area contributed by atoms with E-state index >= 15 is 0 Å². The Morgan fingerprint density at radius 1 is 1.16 bits per heavy atom. The van der Waals surface area contributed by atoms with Crippen LogP contribution in [-0.2, 0) is 24.1 Å². The molecule has 0 spiro atoms. The van der Waals surface area contributed by atoms with Gasteiger partial charge in [-0.25, -0.2) is 9.67 Å². The molecular formula is C23H21N5O3S. The Bertz CT molecular complexity index is 1290. The standard InChI is InChI=1S/C23H21N5O3S/c1-14-17(10-11-31-14)22(30)26-23-24-15(13-32-23)12-20(29)25-21-18-8-5-9-19(18)27-28(21)16-6-3-2-4-7-16/h2-4,6-7,10-11,13H,5,8-9,12H2,1H3,(H,25,29)(H,24,26,30). The summed E-state index contributed by atoms with van der Waals surface area (Å²) in [5.41, 5.74) is 4.10. The molecule has 9 heteroatoms. The van der Waals surface area contributed by atoms with Gasteiger partial charge < -0.3 is 9.73 Å². The number of thiazole rings is 1. The number of carbonyl (C=O) groups is 2. The van der Waals surface area contributed by atoms with Crippen LogP contribution >= 0.6 is 11.3 Å². The highest BCUT2D eigenvalue weighted by molar-refractivity contribution is 7.14. The van der Waals surface area contributed by atoms with Gasteiger partial charge in [-0.2, -0.15) is 5.10 Å². The molecule has 8 nitrogen and oxygen atoms in total. The van der Waals surface area contributed by atoms with E-state index in [1.54, 1.807) is 18.4 Å². The summed E-state index contributed by atoms with van der Waals surface area (Å²) in [6.07, 6.45) is 4.44. The predicted octanol–water partition coefficient (Wildman–Crippen LogP) is 4.15. The van der Waals surface area contributed by atoms with Gasteiger partial charge in [0.15, 0.2) is 5.13 Å². The Morgan fingerprint density at radius 2 is 2.00 bits per heavy atom. The number of nitrogens with one attached hydrogen (secondary N) is 2. The van der Waals surface area contributed by atoms with Crippen LogP contribution in [0.25, 0.3) is 5.69 Å².